The molecule has 2 aromatic rings. The highest BCUT2D eigenvalue weighted by Crippen LogP contribution is 2.29. The van der Waals surface area contributed by atoms with Gasteiger partial charge in [0.1, 0.15) is 5.82 Å². The van der Waals surface area contributed by atoms with Crippen molar-refractivity contribution < 1.29 is 4.39 Å². The van der Waals surface area contributed by atoms with Gasteiger partial charge in [-0.2, -0.15) is 0 Å². The summed E-state index contributed by atoms with van der Waals surface area (Å²) in [5.74, 6) is -0.265. The molecule has 0 heterocycles. The predicted molar refractivity (Wildman–Crippen MR) is 74.9 cm³/mol. The Hall–Kier alpha value is -1.83. The van der Waals surface area contributed by atoms with Crippen molar-refractivity contribution in [3.05, 3.63) is 53.8 Å². The zero-order valence-corrected chi connectivity index (χ0v) is 11.0. The molecule has 0 aliphatic heterocycles. The van der Waals surface area contributed by atoms with Crippen molar-refractivity contribution in [3.63, 3.8) is 0 Å². The van der Waals surface area contributed by atoms with Gasteiger partial charge in [0.2, 0.25) is 0 Å². The SMILES string of the molecule is CC(C)(C)c1ccc(-c2cc(F)ccc2N)cc1. The second kappa shape index (κ2) is 4.45. The first-order valence-electron chi connectivity index (χ1n) is 6.04. The van der Waals surface area contributed by atoms with Gasteiger partial charge in [-0.15, -0.1) is 0 Å². The lowest BCUT2D eigenvalue weighted by molar-refractivity contribution is 0.590. The fourth-order valence-corrected chi connectivity index (χ4v) is 1.93. The van der Waals surface area contributed by atoms with E-state index in [0.29, 0.717) is 5.69 Å². The van der Waals surface area contributed by atoms with Crippen LogP contribution < -0.4 is 5.73 Å². The molecular formula is C16H18FN. The lowest BCUT2D eigenvalue weighted by atomic mass is 9.86. The molecule has 1 nitrogen and oxygen atoms in total. The summed E-state index contributed by atoms with van der Waals surface area (Å²) in [6, 6.07) is 12.6. The Bertz CT molecular complexity index is 550. The minimum absolute atomic E-state index is 0.117. The molecule has 2 aromatic carbocycles. The van der Waals surface area contributed by atoms with Crippen molar-refractivity contribution in [2.75, 3.05) is 5.73 Å². The van der Waals surface area contributed by atoms with Gasteiger partial charge >= 0.3 is 0 Å². The van der Waals surface area contributed by atoms with Crippen LogP contribution in [0.15, 0.2) is 42.5 Å². The van der Waals surface area contributed by atoms with Gasteiger partial charge in [0.15, 0.2) is 0 Å². The number of rotatable bonds is 1. The summed E-state index contributed by atoms with van der Waals surface area (Å²) >= 11 is 0. The zero-order chi connectivity index (χ0) is 13.3. The Morgan fingerprint density at radius 3 is 2.11 bits per heavy atom. The van der Waals surface area contributed by atoms with Crippen molar-refractivity contribution in [2.45, 2.75) is 26.2 Å². The van der Waals surface area contributed by atoms with Crippen LogP contribution in [0.3, 0.4) is 0 Å². The fourth-order valence-electron chi connectivity index (χ4n) is 1.93. The second-order valence-electron chi connectivity index (χ2n) is 5.56. The standard InChI is InChI=1S/C16H18FN/c1-16(2,3)12-6-4-11(5-7-12)14-10-13(17)8-9-15(14)18/h4-10H,18H2,1-3H3. The minimum atomic E-state index is -0.265. The van der Waals surface area contributed by atoms with Gasteiger partial charge in [-0.3, -0.25) is 0 Å². The number of nitrogen functional groups attached to an aromatic ring is 1. The van der Waals surface area contributed by atoms with E-state index in [2.05, 4.69) is 32.9 Å². The Morgan fingerprint density at radius 2 is 1.56 bits per heavy atom. The highest BCUT2D eigenvalue weighted by molar-refractivity contribution is 5.76. The van der Waals surface area contributed by atoms with Crippen molar-refractivity contribution in [1.82, 2.24) is 0 Å². The van der Waals surface area contributed by atoms with Crippen LogP contribution in [-0.4, -0.2) is 0 Å². The monoisotopic (exact) mass is 243 g/mol. The zero-order valence-electron chi connectivity index (χ0n) is 11.0. The third-order valence-corrected chi connectivity index (χ3v) is 3.08. The van der Waals surface area contributed by atoms with Crippen molar-refractivity contribution in [1.29, 1.82) is 0 Å². The Kier molecular flexibility index (Phi) is 3.12. The molecule has 0 fully saturated rings. The molecule has 0 atom stereocenters. The smallest absolute Gasteiger partial charge is 0.123 e. The van der Waals surface area contributed by atoms with E-state index >= 15 is 0 Å². The number of halogens is 1. The molecule has 2 heteroatoms. The van der Waals surface area contributed by atoms with Crippen LogP contribution in [0.5, 0.6) is 0 Å². The summed E-state index contributed by atoms with van der Waals surface area (Å²) in [6.45, 7) is 6.50. The van der Waals surface area contributed by atoms with Gasteiger partial charge in [-0.1, -0.05) is 45.0 Å². The molecule has 18 heavy (non-hydrogen) atoms. The molecule has 0 aliphatic rings. The first kappa shape index (κ1) is 12.6. The third-order valence-electron chi connectivity index (χ3n) is 3.08. The molecule has 0 bridgehead atoms. The second-order valence-corrected chi connectivity index (χ2v) is 5.56. The number of nitrogens with two attached hydrogens (primary N) is 1. The minimum Gasteiger partial charge on any atom is -0.398 e. The molecule has 0 aromatic heterocycles. The first-order valence-corrected chi connectivity index (χ1v) is 6.04. The molecule has 0 saturated carbocycles. The molecule has 0 aliphatic carbocycles. The molecule has 0 unspecified atom stereocenters. The van der Waals surface area contributed by atoms with Gasteiger partial charge in [-0.05, 0) is 34.7 Å². The summed E-state index contributed by atoms with van der Waals surface area (Å²) in [4.78, 5) is 0. The number of benzene rings is 2. The topological polar surface area (TPSA) is 26.0 Å². The fraction of sp³-hybridized carbons (Fsp3) is 0.250. The van der Waals surface area contributed by atoms with Gasteiger partial charge < -0.3 is 5.73 Å². The van der Waals surface area contributed by atoms with Gasteiger partial charge in [0.25, 0.3) is 0 Å². The van der Waals surface area contributed by atoms with Crippen molar-refractivity contribution >= 4 is 5.69 Å². The van der Waals surface area contributed by atoms with Crippen LogP contribution in [0, 0.1) is 5.82 Å². The summed E-state index contributed by atoms with van der Waals surface area (Å²) in [5, 5.41) is 0. The van der Waals surface area contributed by atoms with E-state index in [1.807, 2.05) is 12.1 Å². The predicted octanol–water partition coefficient (Wildman–Crippen LogP) is 4.37. The van der Waals surface area contributed by atoms with Crippen LogP contribution in [-0.2, 0) is 5.41 Å². The first-order chi connectivity index (χ1) is 8.38. The molecule has 94 valence electrons. The van der Waals surface area contributed by atoms with Crippen LogP contribution in [0.2, 0.25) is 0 Å². The number of anilines is 1. The Balaban J connectivity index is 2.43. The van der Waals surface area contributed by atoms with Crippen LogP contribution >= 0.6 is 0 Å². The van der Waals surface area contributed by atoms with Crippen LogP contribution in [0.1, 0.15) is 26.3 Å². The number of hydrogen-bond acceptors (Lipinski definition) is 1. The van der Waals surface area contributed by atoms with E-state index in [4.69, 9.17) is 5.73 Å². The van der Waals surface area contributed by atoms with E-state index in [1.165, 1.54) is 17.7 Å². The Labute approximate surface area is 107 Å². The lowest BCUT2D eigenvalue weighted by Crippen LogP contribution is -2.10. The summed E-state index contributed by atoms with van der Waals surface area (Å²) < 4.78 is 13.2. The van der Waals surface area contributed by atoms with Crippen molar-refractivity contribution in [2.24, 2.45) is 0 Å². The molecule has 2 N–H and O–H groups in total. The van der Waals surface area contributed by atoms with Crippen LogP contribution in [0.25, 0.3) is 11.1 Å². The average Bonchev–Trinajstić information content (AvgIpc) is 2.31. The summed E-state index contributed by atoms with van der Waals surface area (Å²) in [6.07, 6.45) is 0. The van der Waals surface area contributed by atoms with E-state index < -0.39 is 0 Å². The molecule has 0 spiro atoms. The Morgan fingerprint density at radius 1 is 0.944 bits per heavy atom. The maximum absolute atomic E-state index is 13.2. The molecule has 0 amide bonds. The summed E-state index contributed by atoms with van der Waals surface area (Å²) in [5.41, 5.74) is 9.53. The average molecular weight is 243 g/mol. The normalized spacial score (nSPS) is 11.6. The van der Waals surface area contributed by atoms with Gasteiger partial charge in [0.05, 0.1) is 0 Å². The highest BCUT2D eigenvalue weighted by Gasteiger charge is 2.13. The third kappa shape index (κ3) is 2.53. The maximum atomic E-state index is 13.2. The maximum Gasteiger partial charge on any atom is 0.123 e. The molecule has 0 radical (unpaired) electrons. The number of hydrogen-bond donors (Lipinski definition) is 1. The lowest BCUT2D eigenvalue weighted by Gasteiger charge is -2.19. The van der Waals surface area contributed by atoms with E-state index in [0.717, 1.165) is 11.1 Å². The van der Waals surface area contributed by atoms with Gasteiger partial charge in [-0.25, -0.2) is 4.39 Å². The molecular weight excluding hydrogens is 225 g/mol. The summed E-state index contributed by atoms with van der Waals surface area (Å²) in [7, 11) is 0. The van der Waals surface area contributed by atoms with Crippen molar-refractivity contribution in [3.8, 4) is 11.1 Å². The molecule has 0 saturated heterocycles. The molecule has 2 rings (SSSR count). The van der Waals surface area contributed by atoms with Gasteiger partial charge in [0, 0.05) is 11.3 Å². The van der Waals surface area contributed by atoms with E-state index in [1.54, 1.807) is 6.07 Å². The van der Waals surface area contributed by atoms with E-state index in [9.17, 15) is 4.39 Å². The largest absolute Gasteiger partial charge is 0.398 e. The van der Waals surface area contributed by atoms with E-state index in [-0.39, 0.29) is 11.2 Å². The van der Waals surface area contributed by atoms with Crippen LogP contribution in [0.4, 0.5) is 10.1 Å². The quantitative estimate of drug-likeness (QED) is 0.739. The highest BCUT2D eigenvalue weighted by atomic mass is 19.1.